The Hall–Kier alpha value is -0.660. The summed E-state index contributed by atoms with van der Waals surface area (Å²) in [4.78, 5) is 20.5. The number of hydrogen-bond acceptors (Lipinski definition) is 2. The van der Waals surface area contributed by atoms with Crippen molar-refractivity contribution in [3.63, 3.8) is 0 Å². The highest BCUT2D eigenvalue weighted by atomic mass is 16.1. The van der Waals surface area contributed by atoms with Gasteiger partial charge in [-0.1, -0.05) is 27.7 Å². The lowest BCUT2D eigenvalue weighted by Gasteiger charge is -2.05. The summed E-state index contributed by atoms with van der Waals surface area (Å²) in [5, 5.41) is 0. The van der Waals surface area contributed by atoms with Crippen molar-refractivity contribution >= 4 is 11.6 Å². The van der Waals surface area contributed by atoms with E-state index in [2.05, 4.69) is 27.7 Å². The molecule has 0 saturated carbocycles. The third-order valence-corrected chi connectivity index (χ3v) is 1.27. The van der Waals surface area contributed by atoms with Crippen molar-refractivity contribution in [2.75, 3.05) is 0 Å². The highest BCUT2D eigenvalue weighted by Crippen LogP contribution is 2.07. The van der Waals surface area contributed by atoms with Crippen LogP contribution in [0.4, 0.5) is 0 Å². The molecule has 0 aromatic heterocycles. The second-order valence-electron chi connectivity index (χ2n) is 4.64. The lowest BCUT2D eigenvalue weighted by molar-refractivity contribution is -0.120. The summed E-state index contributed by atoms with van der Waals surface area (Å²) in [6.07, 6.45) is 1.50. The molecule has 0 aromatic carbocycles. The van der Waals surface area contributed by atoms with Gasteiger partial charge in [-0.25, -0.2) is 0 Å². The van der Waals surface area contributed by atoms with Crippen LogP contribution in [0.3, 0.4) is 0 Å². The van der Waals surface area contributed by atoms with E-state index in [9.17, 15) is 9.59 Å². The van der Waals surface area contributed by atoms with Gasteiger partial charge in [0.05, 0.1) is 0 Å². The third kappa shape index (κ3) is 22.5. The number of hydrogen-bond donors (Lipinski definition) is 0. The zero-order valence-electron chi connectivity index (χ0n) is 10.4. The molecule has 2 heteroatoms. The van der Waals surface area contributed by atoms with Crippen molar-refractivity contribution in [2.24, 2.45) is 11.8 Å². The maximum Gasteiger partial charge on any atom is 0.133 e. The molecular formula is C12H24O2. The summed E-state index contributed by atoms with van der Waals surface area (Å²) in [5.41, 5.74) is 0. The minimum atomic E-state index is 0.167. The van der Waals surface area contributed by atoms with E-state index in [1.165, 1.54) is 13.8 Å². The van der Waals surface area contributed by atoms with Gasteiger partial charge in [-0.15, -0.1) is 0 Å². The van der Waals surface area contributed by atoms with Gasteiger partial charge in [0.25, 0.3) is 0 Å². The maximum absolute atomic E-state index is 11.1. The molecule has 0 amide bonds. The van der Waals surface area contributed by atoms with Crippen molar-refractivity contribution in [1.29, 1.82) is 0 Å². The molecule has 0 bridgehead atoms. The fourth-order valence-electron chi connectivity index (χ4n) is 0.994. The van der Waals surface area contributed by atoms with Gasteiger partial charge in [-0.3, -0.25) is 4.79 Å². The fraction of sp³-hybridized carbons (Fsp3) is 0.833. The molecule has 0 aliphatic heterocycles. The van der Waals surface area contributed by atoms with E-state index in [4.69, 9.17) is 0 Å². The van der Waals surface area contributed by atoms with Crippen molar-refractivity contribution in [3.8, 4) is 0 Å². The zero-order valence-corrected chi connectivity index (χ0v) is 10.4. The summed E-state index contributed by atoms with van der Waals surface area (Å²) in [5.74, 6) is 1.61. The van der Waals surface area contributed by atoms with E-state index in [1.807, 2.05) is 0 Å². The quantitative estimate of drug-likeness (QED) is 0.698. The number of Topliss-reactive ketones (excluding diaryl/α,β-unsaturated/α-hetero) is 2. The predicted octanol–water partition coefficient (Wildman–Crippen LogP) is 3.24. The topological polar surface area (TPSA) is 34.1 Å². The molecule has 0 N–H and O–H groups in total. The Balaban J connectivity index is 0. The van der Waals surface area contributed by atoms with Gasteiger partial charge in [0.1, 0.15) is 11.6 Å². The number of carbonyl (C=O) groups is 2. The molecule has 2 nitrogen and oxygen atoms in total. The second kappa shape index (κ2) is 8.92. The van der Waals surface area contributed by atoms with E-state index >= 15 is 0 Å². The van der Waals surface area contributed by atoms with Crippen LogP contribution in [0.2, 0.25) is 0 Å². The molecule has 0 heterocycles. The molecule has 0 fully saturated rings. The van der Waals surface area contributed by atoms with Gasteiger partial charge in [0.2, 0.25) is 0 Å². The van der Waals surface area contributed by atoms with Crippen LogP contribution in [0.25, 0.3) is 0 Å². The largest absolute Gasteiger partial charge is 0.300 e. The van der Waals surface area contributed by atoms with Crippen LogP contribution in [0.1, 0.15) is 54.4 Å². The Morgan fingerprint density at radius 2 is 1.07 bits per heavy atom. The predicted molar refractivity (Wildman–Crippen MR) is 60.3 cm³/mol. The van der Waals surface area contributed by atoms with E-state index < -0.39 is 0 Å². The van der Waals surface area contributed by atoms with Crippen LogP contribution >= 0.6 is 0 Å². The van der Waals surface area contributed by atoms with Gasteiger partial charge in [0, 0.05) is 12.8 Å². The fourth-order valence-corrected chi connectivity index (χ4v) is 0.994. The van der Waals surface area contributed by atoms with Crippen molar-refractivity contribution < 1.29 is 9.59 Å². The molecule has 0 aromatic rings. The van der Waals surface area contributed by atoms with Crippen molar-refractivity contribution in [3.05, 3.63) is 0 Å². The Morgan fingerprint density at radius 1 is 0.857 bits per heavy atom. The van der Waals surface area contributed by atoms with Crippen LogP contribution in [-0.4, -0.2) is 11.6 Å². The van der Waals surface area contributed by atoms with Crippen molar-refractivity contribution in [2.45, 2.75) is 54.4 Å². The average Bonchev–Trinajstić information content (AvgIpc) is 1.79. The Labute approximate surface area is 88.1 Å². The van der Waals surface area contributed by atoms with E-state index in [0.717, 1.165) is 12.8 Å². The Kier molecular flexibility index (Phi) is 10.1. The first-order valence-electron chi connectivity index (χ1n) is 5.24. The molecule has 0 spiro atoms. The Bertz CT molecular complexity index is 153. The summed E-state index contributed by atoms with van der Waals surface area (Å²) in [7, 11) is 0. The first kappa shape index (κ1) is 15.8. The zero-order chi connectivity index (χ0) is 11.7. The van der Waals surface area contributed by atoms with Crippen molar-refractivity contribution in [1.82, 2.24) is 0 Å². The van der Waals surface area contributed by atoms with Crippen LogP contribution in [-0.2, 0) is 9.59 Å². The monoisotopic (exact) mass is 200 g/mol. The second-order valence-corrected chi connectivity index (χ2v) is 4.64. The SMILES string of the molecule is CC(C)=O.CC(C)CC(=O)CC(C)C. The maximum atomic E-state index is 11.1. The summed E-state index contributed by atoms with van der Waals surface area (Å²) >= 11 is 0. The van der Waals surface area contributed by atoms with Crippen LogP contribution in [0.15, 0.2) is 0 Å². The highest BCUT2D eigenvalue weighted by Gasteiger charge is 2.06. The molecule has 84 valence electrons. The van der Waals surface area contributed by atoms with Crippen LogP contribution in [0, 0.1) is 11.8 Å². The molecular weight excluding hydrogens is 176 g/mol. The molecule has 0 radical (unpaired) electrons. The molecule has 0 aliphatic carbocycles. The van der Waals surface area contributed by atoms with Gasteiger partial charge in [-0.2, -0.15) is 0 Å². The molecule has 0 rings (SSSR count). The number of rotatable bonds is 4. The van der Waals surface area contributed by atoms with E-state index in [0.29, 0.717) is 17.6 Å². The third-order valence-electron chi connectivity index (χ3n) is 1.27. The van der Waals surface area contributed by atoms with Crippen LogP contribution in [0.5, 0.6) is 0 Å². The molecule has 0 aliphatic rings. The van der Waals surface area contributed by atoms with Gasteiger partial charge in [-0.05, 0) is 25.7 Å². The van der Waals surface area contributed by atoms with E-state index in [-0.39, 0.29) is 5.78 Å². The summed E-state index contributed by atoms with van der Waals surface area (Å²) in [6.45, 7) is 11.4. The lowest BCUT2D eigenvalue weighted by Crippen LogP contribution is -2.05. The molecule has 14 heavy (non-hydrogen) atoms. The van der Waals surface area contributed by atoms with Crippen LogP contribution < -0.4 is 0 Å². The first-order valence-corrected chi connectivity index (χ1v) is 5.24. The summed E-state index contributed by atoms with van der Waals surface area (Å²) < 4.78 is 0. The summed E-state index contributed by atoms with van der Waals surface area (Å²) in [6, 6.07) is 0. The molecule has 0 saturated heterocycles. The molecule has 0 atom stereocenters. The Morgan fingerprint density at radius 3 is 1.21 bits per heavy atom. The highest BCUT2D eigenvalue weighted by molar-refractivity contribution is 5.78. The number of carbonyl (C=O) groups excluding carboxylic acids is 2. The van der Waals surface area contributed by atoms with Gasteiger partial charge >= 0.3 is 0 Å². The minimum Gasteiger partial charge on any atom is -0.300 e. The molecule has 0 unspecified atom stereocenters. The van der Waals surface area contributed by atoms with Gasteiger partial charge in [0.15, 0.2) is 0 Å². The normalized spacial score (nSPS) is 9.71. The standard InChI is InChI=1S/C9H18O.C3H6O/c1-7(2)5-9(10)6-8(3)4;1-3(2)4/h7-8H,5-6H2,1-4H3;1-2H3. The number of ketones is 2. The average molecular weight is 200 g/mol. The minimum absolute atomic E-state index is 0.167. The first-order chi connectivity index (χ1) is 6.25. The smallest absolute Gasteiger partial charge is 0.133 e. The van der Waals surface area contributed by atoms with Gasteiger partial charge < -0.3 is 4.79 Å². The lowest BCUT2D eigenvalue weighted by atomic mass is 10.00. The van der Waals surface area contributed by atoms with E-state index in [1.54, 1.807) is 0 Å².